The number of hydrogen-bond donors (Lipinski definition) is 1. The number of benzene rings is 1. The second-order valence-electron chi connectivity index (χ2n) is 3.76. The lowest BCUT2D eigenvalue weighted by molar-refractivity contribution is 0.667. The van der Waals surface area contributed by atoms with Gasteiger partial charge in [-0.05, 0) is 54.9 Å². The first kappa shape index (κ1) is 11.2. The van der Waals surface area contributed by atoms with Gasteiger partial charge in [0.2, 0.25) is 0 Å². The highest BCUT2D eigenvalue weighted by atomic mass is 32.2. The van der Waals surface area contributed by atoms with Crippen molar-refractivity contribution in [1.82, 2.24) is 0 Å². The number of hydrogen-bond acceptors (Lipinski definition) is 3. The van der Waals surface area contributed by atoms with Crippen LogP contribution in [0.25, 0.3) is 0 Å². The van der Waals surface area contributed by atoms with Gasteiger partial charge in [0.1, 0.15) is 0 Å². The highest BCUT2D eigenvalue weighted by Gasteiger charge is 2.12. The molecule has 0 aromatic heterocycles. The molecule has 0 radical (unpaired) electrons. The summed E-state index contributed by atoms with van der Waals surface area (Å²) in [6.07, 6.45) is 4.71. The van der Waals surface area contributed by atoms with Crippen LogP contribution < -0.4 is 5.32 Å². The molecule has 2 rings (SSSR count). The lowest BCUT2D eigenvalue weighted by Crippen LogP contribution is -2.24. The van der Waals surface area contributed by atoms with Crippen LogP contribution in [0.15, 0.2) is 29.2 Å². The van der Waals surface area contributed by atoms with E-state index in [2.05, 4.69) is 47.6 Å². The van der Waals surface area contributed by atoms with Gasteiger partial charge in [-0.25, -0.2) is 0 Å². The summed E-state index contributed by atoms with van der Waals surface area (Å²) in [6.45, 7) is 0. The normalized spacial score (nSPS) is 17.7. The summed E-state index contributed by atoms with van der Waals surface area (Å²) in [5.41, 5.74) is 1.27. The smallest absolute Gasteiger partial charge is 0.0343 e. The third kappa shape index (κ3) is 3.35. The first-order valence-corrected chi connectivity index (χ1v) is 7.75. The van der Waals surface area contributed by atoms with Crippen LogP contribution in [0.5, 0.6) is 0 Å². The molecule has 1 aromatic carbocycles. The zero-order valence-corrected chi connectivity index (χ0v) is 10.7. The molecule has 1 aliphatic rings. The van der Waals surface area contributed by atoms with Crippen LogP contribution >= 0.6 is 23.5 Å². The molecule has 1 aliphatic heterocycles. The molecule has 1 saturated heterocycles. The van der Waals surface area contributed by atoms with E-state index in [4.69, 9.17) is 0 Å². The molecule has 0 spiro atoms. The van der Waals surface area contributed by atoms with E-state index in [0.29, 0.717) is 6.04 Å². The van der Waals surface area contributed by atoms with Crippen molar-refractivity contribution < 1.29 is 0 Å². The molecular formula is C12H17NS2. The summed E-state index contributed by atoms with van der Waals surface area (Å²) in [7, 11) is 0. The van der Waals surface area contributed by atoms with Crippen LogP contribution in [0, 0.1) is 0 Å². The number of nitrogens with one attached hydrogen (secondary N) is 1. The fourth-order valence-electron chi connectivity index (χ4n) is 1.76. The second-order valence-corrected chi connectivity index (χ2v) is 5.86. The topological polar surface area (TPSA) is 12.0 Å². The monoisotopic (exact) mass is 239 g/mol. The maximum Gasteiger partial charge on any atom is 0.0343 e. The fourth-order valence-corrected chi connectivity index (χ4v) is 3.28. The van der Waals surface area contributed by atoms with Gasteiger partial charge in [0, 0.05) is 16.6 Å². The minimum absolute atomic E-state index is 0.686. The molecule has 0 amide bonds. The zero-order valence-electron chi connectivity index (χ0n) is 9.03. The third-order valence-electron chi connectivity index (χ3n) is 2.68. The Kier molecular flexibility index (Phi) is 4.27. The molecule has 1 fully saturated rings. The van der Waals surface area contributed by atoms with E-state index in [1.54, 1.807) is 11.8 Å². The van der Waals surface area contributed by atoms with Gasteiger partial charge in [0.25, 0.3) is 0 Å². The second kappa shape index (κ2) is 5.71. The van der Waals surface area contributed by atoms with Crippen molar-refractivity contribution in [1.29, 1.82) is 0 Å². The summed E-state index contributed by atoms with van der Waals surface area (Å²) < 4.78 is 0. The molecule has 15 heavy (non-hydrogen) atoms. The Labute approximate surface area is 100 Å². The van der Waals surface area contributed by atoms with Crippen molar-refractivity contribution in [3.05, 3.63) is 24.3 Å². The maximum atomic E-state index is 3.61. The van der Waals surface area contributed by atoms with Gasteiger partial charge in [-0.3, -0.25) is 0 Å². The summed E-state index contributed by atoms with van der Waals surface area (Å²) in [6, 6.07) is 9.43. The predicted molar refractivity (Wildman–Crippen MR) is 72.2 cm³/mol. The lowest BCUT2D eigenvalue weighted by atomic mass is 10.1. The first-order chi connectivity index (χ1) is 7.38. The Balaban J connectivity index is 1.91. The van der Waals surface area contributed by atoms with E-state index in [1.165, 1.54) is 34.9 Å². The van der Waals surface area contributed by atoms with Gasteiger partial charge in [0.05, 0.1) is 0 Å². The minimum Gasteiger partial charge on any atom is -0.382 e. The largest absolute Gasteiger partial charge is 0.382 e. The van der Waals surface area contributed by atoms with Crippen LogP contribution in [0.1, 0.15) is 12.8 Å². The summed E-state index contributed by atoms with van der Waals surface area (Å²) in [4.78, 5) is 1.33. The van der Waals surface area contributed by atoms with Crippen LogP contribution in [0.3, 0.4) is 0 Å². The van der Waals surface area contributed by atoms with Crippen molar-refractivity contribution in [3.8, 4) is 0 Å². The average Bonchev–Trinajstić information content (AvgIpc) is 2.31. The highest BCUT2D eigenvalue weighted by molar-refractivity contribution is 7.99. The van der Waals surface area contributed by atoms with Crippen molar-refractivity contribution in [2.45, 2.75) is 23.8 Å². The maximum absolute atomic E-state index is 3.61. The van der Waals surface area contributed by atoms with E-state index < -0.39 is 0 Å². The van der Waals surface area contributed by atoms with Crippen molar-refractivity contribution in [3.63, 3.8) is 0 Å². The quantitative estimate of drug-likeness (QED) is 0.808. The van der Waals surface area contributed by atoms with Crippen molar-refractivity contribution in [2.24, 2.45) is 0 Å². The molecule has 1 nitrogen and oxygen atoms in total. The molecule has 3 heteroatoms. The molecule has 0 atom stereocenters. The molecule has 82 valence electrons. The Morgan fingerprint density at radius 1 is 1.20 bits per heavy atom. The van der Waals surface area contributed by atoms with E-state index in [-0.39, 0.29) is 0 Å². The molecule has 1 heterocycles. The van der Waals surface area contributed by atoms with E-state index in [9.17, 15) is 0 Å². The average molecular weight is 239 g/mol. The highest BCUT2D eigenvalue weighted by Crippen LogP contribution is 2.22. The Hall–Kier alpha value is -0.280. The van der Waals surface area contributed by atoms with Crippen LogP contribution in [-0.2, 0) is 0 Å². The van der Waals surface area contributed by atoms with Gasteiger partial charge in [-0.15, -0.1) is 11.8 Å². The summed E-state index contributed by atoms with van der Waals surface area (Å²) in [5.74, 6) is 2.61. The van der Waals surface area contributed by atoms with E-state index in [1.807, 2.05) is 0 Å². The van der Waals surface area contributed by atoms with Crippen LogP contribution in [0.2, 0.25) is 0 Å². The molecule has 1 aromatic rings. The Bertz CT molecular complexity index is 291. The van der Waals surface area contributed by atoms with E-state index in [0.717, 1.165) is 0 Å². The van der Waals surface area contributed by atoms with Gasteiger partial charge < -0.3 is 5.32 Å². The van der Waals surface area contributed by atoms with Gasteiger partial charge in [-0.1, -0.05) is 0 Å². The standard InChI is InChI=1S/C12H17NS2/c1-14-12-4-2-10(3-5-12)13-11-6-8-15-9-7-11/h2-5,11,13H,6-9H2,1H3. The van der Waals surface area contributed by atoms with Crippen molar-refractivity contribution in [2.75, 3.05) is 23.1 Å². The molecular weight excluding hydrogens is 222 g/mol. The minimum atomic E-state index is 0.686. The molecule has 0 saturated carbocycles. The van der Waals surface area contributed by atoms with Crippen molar-refractivity contribution >= 4 is 29.2 Å². The molecule has 0 unspecified atom stereocenters. The first-order valence-electron chi connectivity index (χ1n) is 5.37. The molecule has 0 aliphatic carbocycles. The van der Waals surface area contributed by atoms with Crippen LogP contribution in [-0.4, -0.2) is 23.8 Å². The number of rotatable bonds is 3. The van der Waals surface area contributed by atoms with Gasteiger partial charge >= 0.3 is 0 Å². The SMILES string of the molecule is CSc1ccc(NC2CCSCC2)cc1. The molecule has 1 N–H and O–H groups in total. The van der Waals surface area contributed by atoms with Gasteiger partial charge in [-0.2, -0.15) is 11.8 Å². The number of thioether (sulfide) groups is 2. The fraction of sp³-hybridized carbons (Fsp3) is 0.500. The predicted octanol–water partition coefficient (Wildman–Crippen LogP) is 3.72. The summed E-state index contributed by atoms with van der Waals surface area (Å²) >= 11 is 3.86. The number of anilines is 1. The molecule has 0 bridgehead atoms. The zero-order chi connectivity index (χ0) is 10.5. The van der Waals surface area contributed by atoms with Gasteiger partial charge in [0.15, 0.2) is 0 Å². The van der Waals surface area contributed by atoms with Crippen LogP contribution in [0.4, 0.5) is 5.69 Å². The Morgan fingerprint density at radius 2 is 1.87 bits per heavy atom. The van der Waals surface area contributed by atoms with E-state index >= 15 is 0 Å². The lowest BCUT2D eigenvalue weighted by Gasteiger charge is -2.23. The third-order valence-corrected chi connectivity index (χ3v) is 4.47. The summed E-state index contributed by atoms with van der Waals surface area (Å²) in [5, 5.41) is 3.61. The Morgan fingerprint density at radius 3 is 2.47 bits per heavy atom.